The molecule has 1 rings (SSSR count). The van der Waals surface area contributed by atoms with Crippen LogP contribution in [-0.2, 0) is 6.54 Å². The maximum atomic E-state index is 11.6. The standard InChI is InChI=1S/C9H14N2O2/c1-4-11-6-5-10-8(11)7(12)9(2,3)13/h5-6,13H,4H2,1-3H3. The first-order valence-corrected chi connectivity index (χ1v) is 4.25. The smallest absolute Gasteiger partial charge is 0.229 e. The van der Waals surface area contributed by atoms with Gasteiger partial charge in [-0.25, -0.2) is 4.98 Å². The number of aromatic nitrogens is 2. The molecule has 0 amide bonds. The Labute approximate surface area is 77.2 Å². The first-order valence-electron chi connectivity index (χ1n) is 4.25. The van der Waals surface area contributed by atoms with Crippen LogP contribution in [-0.4, -0.2) is 26.0 Å². The summed E-state index contributed by atoms with van der Waals surface area (Å²) in [7, 11) is 0. The van der Waals surface area contributed by atoms with E-state index < -0.39 is 5.60 Å². The van der Waals surface area contributed by atoms with Gasteiger partial charge in [0.25, 0.3) is 0 Å². The van der Waals surface area contributed by atoms with Crippen molar-refractivity contribution in [2.75, 3.05) is 0 Å². The van der Waals surface area contributed by atoms with E-state index in [4.69, 9.17) is 0 Å². The molecule has 0 atom stereocenters. The van der Waals surface area contributed by atoms with Gasteiger partial charge in [0.05, 0.1) is 0 Å². The molecular formula is C9H14N2O2. The maximum Gasteiger partial charge on any atom is 0.229 e. The predicted molar refractivity (Wildman–Crippen MR) is 48.5 cm³/mol. The van der Waals surface area contributed by atoms with Gasteiger partial charge in [-0.2, -0.15) is 0 Å². The molecule has 4 nitrogen and oxygen atoms in total. The summed E-state index contributed by atoms with van der Waals surface area (Å²) < 4.78 is 1.71. The summed E-state index contributed by atoms with van der Waals surface area (Å²) in [6.45, 7) is 5.52. The SMILES string of the molecule is CCn1ccnc1C(=O)C(C)(C)O. The molecule has 0 aliphatic heterocycles. The van der Waals surface area contributed by atoms with Crippen LogP contribution in [0.1, 0.15) is 31.4 Å². The molecule has 0 fully saturated rings. The lowest BCUT2D eigenvalue weighted by atomic mass is 10.0. The second-order valence-corrected chi connectivity index (χ2v) is 3.43. The van der Waals surface area contributed by atoms with Crippen LogP contribution in [0.25, 0.3) is 0 Å². The van der Waals surface area contributed by atoms with Crippen LogP contribution < -0.4 is 0 Å². The Morgan fingerprint density at radius 3 is 2.77 bits per heavy atom. The quantitative estimate of drug-likeness (QED) is 0.705. The zero-order valence-corrected chi connectivity index (χ0v) is 8.11. The van der Waals surface area contributed by atoms with Gasteiger partial charge in [0.15, 0.2) is 5.82 Å². The lowest BCUT2D eigenvalue weighted by Crippen LogP contribution is -2.33. The van der Waals surface area contributed by atoms with E-state index >= 15 is 0 Å². The van der Waals surface area contributed by atoms with E-state index in [2.05, 4.69) is 4.98 Å². The summed E-state index contributed by atoms with van der Waals surface area (Å²) in [5.74, 6) is -0.0330. The maximum absolute atomic E-state index is 11.6. The average Bonchev–Trinajstić information content (AvgIpc) is 2.48. The molecule has 13 heavy (non-hydrogen) atoms. The Morgan fingerprint density at radius 1 is 1.69 bits per heavy atom. The number of nitrogens with zero attached hydrogens (tertiary/aromatic N) is 2. The first kappa shape index (κ1) is 9.92. The summed E-state index contributed by atoms with van der Waals surface area (Å²) in [6.07, 6.45) is 3.28. The van der Waals surface area contributed by atoms with Crippen LogP contribution in [0.15, 0.2) is 12.4 Å². The van der Waals surface area contributed by atoms with E-state index in [1.54, 1.807) is 17.0 Å². The highest BCUT2D eigenvalue weighted by molar-refractivity contribution is 5.98. The van der Waals surface area contributed by atoms with Crippen molar-refractivity contribution in [3.63, 3.8) is 0 Å². The molecule has 0 aliphatic carbocycles. The van der Waals surface area contributed by atoms with Gasteiger partial charge in [0, 0.05) is 18.9 Å². The lowest BCUT2D eigenvalue weighted by Gasteiger charge is -2.15. The normalized spacial score (nSPS) is 11.7. The molecule has 0 aromatic carbocycles. The van der Waals surface area contributed by atoms with Crippen LogP contribution in [0.4, 0.5) is 0 Å². The fourth-order valence-corrected chi connectivity index (χ4v) is 1.05. The van der Waals surface area contributed by atoms with Gasteiger partial charge in [-0.15, -0.1) is 0 Å². The number of ketones is 1. The van der Waals surface area contributed by atoms with Crippen LogP contribution in [0.2, 0.25) is 0 Å². The third-order valence-corrected chi connectivity index (χ3v) is 1.81. The molecule has 0 radical (unpaired) electrons. The van der Waals surface area contributed by atoms with Crippen molar-refractivity contribution in [3.8, 4) is 0 Å². The van der Waals surface area contributed by atoms with Crippen molar-refractivity contribution in [1.82, 2.24) is 9.55 Å². The van der Waals surface area contributed by atoms with Gasteiger partial charge < -0.3 is 9.67 Å². The van der Waals surface area contributed by atoms with Gasteiger partial charge >= 0.3 is 0 Å². The summed E-state index contributed by atoms with van der Waals surface area (Å²) in [5.41, 5.74) is -1.35. The van der Waals surface area contributed by atoms with Crippen LogP contribution in [0, 0.1) is 0 Å². The number of carbonyl (C=O) groups is 1. The fourth-order valence-electron chi connectivity index (χ4n) is 1.05. The minimum atomic E-state index is -1.35. The minimum Gasteiger partial charge on any atom is -0.382 e. The Balaban J connectivity index is 3.02. The largest absolute Gasteiger partial charge is 0.382 e. The van der Waals surface area contributed by atoms with E-state index in [9.17, 15) is 9.90 Å². The second-order valence-electron chi connectivity index (χ2n) is 3.43. The van der Waals surface area contributed by atoms with Gasteiger partial charge in [-0.1, -0.05) is 0 Å². The number of imidazole rings is 1. The third-order valence-electron chi connectivity index (χ3n) is 1.81. The minimum absolute atomic E-state index is 0.315. The zero-order chi connectivity index (χ0) is 10.1. The molecule has 72 valence electrons. The van der Waals surface area contributed by atoms with Gasteiger partial charge in [0.2, 0.25) is 5.78 Å². The molecule has 0 saturated carbocycles. The Kier molecular flexibility index (Phi) is 2.52. The van der Waals surface area contributed by atoms with Crippen molar-refractivity contribution < 1.29 is 9.90 Å². The molecule has 1 aromatic rings. The molecule has 0 unspecified atom stereocenters. The zero-order valence-electron chi connectivity index (χ0n) is 8.11. The molecular weight excluding hydrogens is 168 g/mol. The van der Waals surface area contributed by atoms with E-state index in [1.165, 1.54) is 13.8 Å². The van der Waals surface area contributed by atoms with E-state index in [0.717, 1.165) is 0 Å². The van der Waals surface area contributed by atoms with E-state index in [-0.39, 0.29) is 5.78 Å². The van der Waals surface area contributed by atoms with E-state index in [0.29, 0.717) is 12.4 Å². The van der Waals surface area contributed by atoms with E-state index in [1.807, 2.05) is 6.92 Å². The highest BCUT2D eigenvalue weighted by Crippen LogP contribution is 2.10. The Morgan fingerprint density at radius 2 is 2.31 bits per heavy atom. The molecule has 0 saturated heterocycles. The predicted octanol–water partition coefficient (Wildman–Crippen LogP) is 0.857. The summed E-state index contributed by atoms with van der Waals surface area (Å²) in [5, 5.41) is 9.48. The van der Waals surface area contributed by atoms with Crippen molar-refractivity contribution >= 4 is 5.78 Å². The van der Waals surface area contributed by atoms with Crippen molar-refractivity contribution in [1.29, 1.82) is 0 Å². The molecule has 1 N–H and O–H groups in total. The number of Topliss-reactive ketones (excluding diaryl/α,β-unsaturated/α-hetero) is 1. The summed E-state index contributed by atoms with van der Waals surface area (Å²) in [4.78, 5) is 15.5. The number of carbonyl (C=O) groups excluding carboxylic acids is 1. The first-order chi connectivity index (χ1) is 5.96. The average molecular weight is 182 g/mol. The highest BCUT2D eigenvalue weighted by Gasteiger charge is 2.28. The Hall–Kier alpha value is -1.16. The van der Waals surface area contributed by atoms with Gasteiger partial charge in [0.1, 0.15) is 5.60 Å². The number of hydrogen-bond acceptors (Lipinski definition) is 3. The second kappa shape index (κ2) is 3.30. The fraction of sp³-hybridized carbons (Fsp3) is 0.556. The lowest BCUT2D eigenvalue weighted by molar-refractivity contribution is 0.0472. The topological polar surface area (TPSA) is 55.1 Å². The van der Waals surface area contributed by atoms with Crippen LogP contribution >= 0.6 is 0 Å². The molecule has 0 aliphatic rings. The van der Waals surface area contributed by atoms with Crippen LogP contribution in [0.3, 0.4) is 0 Å². The highest BCUT2D eigenvalue weighted by atomic mass is 16.3. The number of aryl methyl sites for hydroxylation is 1. The number of hydrogen-bond donors (Lipinski definition) is 1. The van der Waals surface area contributed by atoms with Crippen LogP contribution in [0.5, 0.6) is 0 Å². The molecule has 0 bridgehead atoms. The third kappa shape index (κ3) is 1.95. The van der Waals surface area contributed by atoms with Crippen molar-refractivity contribution in [2.24, 2.45) is 0 Å². The molecule has 1 aromatic heterocycles. The molecule has 1 heterocycles. The summed E-state index contributed by atoms with van der Waals surface area (Å²) >= 11 is 0. The number of rotatable bonds is 3. The van der Waals surface area contributed by atoms with Gasteiger partial charge in [-0.05, 0) is 20.8 Å². The van der Waals surface area contributed by atoms with Gasteiger partial charge in [-0.3, -0.25) is 4.79 Å². The number of aliphatic hydroxyl groups is 1. The molecule has 4 heteroatoms. The summed E-state index contributed by atoms with van der Waals surface area (Å²) in [6, 6.07) is 0. The van der Waals surface area contributed by atoms with Crippen molar-refractivity contribution in [3.05, 3.63) is 18.2 Å². The Bertz CT molecular complexity index is 310. The van der Waals surface area contributed by atoms with Crippen molar-refractivity contribution in [2.45, 2.75) is 32.9 Å². The monoisotopic (exact) mass is 182 g/mol. The molecule has 0 spiro atoms.